The molecule has 0 N–H and O–H groups in total. The van der Waals surface area contributed by atoms with Gasteiger partial charge in [0.1, 0.15) is 5.52 Å². The van der Waals surface area contributed by atoms with E-state index in [-0.39, 0.29) is 10.1 Å². The zero-order valence-corrected chi connectivity index (χ0v) is 13.7. The summed E-state index contributed by atoms with van der Waals surface area (Å²) in [4.78, 5) is 13.8. The highest BCUT2D eigenvalue weighted by Crippen LogP contribution is 2.38. The van der Waals surface area contributed by atoms with Crippen LogP contribution in [0.3, 0.4) is 0 Å². The van der Waals surface area contributed by atoms with Crippen LogP contribution in [-0.2, 0) is 10.8 Å². The Bertz CT molecular complexity index is 955. The van der Waals surface area contributed by atoms with Gasteiger partial charge in [-0.05, 0) is 36.0 Å². The number of alkyl halides is 3. The summed E-state index contributed by atoms with van der Waals surface area (Å²) in [6.07, 6.45) is 0. The molecule has 1 aromatic heterocycles. The van der Waals surface area contributed by atoms with Crippen LogP contribution in [0, 0.1) is 10.1 Å². The molecule has 2 aromatic carbocycles. The Balaban J connectivity index is 1.98. The van der Waals surface area contributed by atoms with Crippen molar-refractivity contribution in [2.75, 3.05) is 0 Å². The minimum Gasteiger partial charge on any atom is -0.431 e. The average molecular weight is 388 g/mol. The number of nitrogens with zero attached hydrogens (tertiary/aromatic N) is 2. The van der Waals surface area contributed by atoms with Gasteiger partial charge in [0.15, 0.2) is 16.4 Å². The second-order valence-electron chi connectivity index (χ2n) is 4.65. The van der Waals surface area contributed by atoms with Crippen LogP contribution in [0.15, 0.2) is 61.9 Å². The Kier molecular flexibility index (Phi) is 4.52. The van der Waals surface area contributed by atoms with Gasteiger partial charge >= 0.3 is 5.51 Å². The summed E-state index contributed by atoms with van der Waals surface area (Å²) < 4.78 is 54.4. The number of rotatable bonds is 4. The molecule has 0 saturated heterocycles. The first kappa shape index (κ1) is 17.4. The van der Waals surface area contributed by atoms with E-state index in [1.165, 1.54) is 0 Å². The molecule has 1 unspecified atom stereocenters. The monoisotopic (exact) mass is 388 g/mol. The van der Waals surface area contributed by atoms with E-state index < -0.39 is 31.8 Å². The lowest BCUT2D eigenvalue weighted by Gasteiger charge is -2.07. The summed E-state index contributed by atoms with van der Waals surface area (Å²) in [6, 6.07) is 9.49. The van der Waals surface area contributed by atoms with Gasteiger partial charge in [-0.25, -0.2) is 9.19 Å². The fourth-order valence-corrected chi connectivity index (χ4v) is 3.48. The van der Waals surface area contributed by atoms with Gasteiger partial charge in [-0.2, -0.15) is 13.2 Å². The second-order valence-corrected chi connectivity index (χ2v) is 7.12. The minimum atomic E-state index is -5.00. The van der Waals surface area contributed by atoms with E-state index in [0.29, 0.717) is 17.2 Å². The third kappa shape index (κ3) is 3.66. The van der Waals surface area contributed by atoms with E-state index >= 15 is 0 Å². The van der Waals surface area contributed by atoms with Crippen LogP contribution in [-0.4, -0.2) is 19.6 Å². The van der Waals surface area contributed by atoms with Crippen LogP contribution in [0.25, 0.3) is 11.1 Å². The topological polar surface area (TPSA) is 86.2 Å². The van der Waals surface area contributed by atoms with Crippen molar-refractivity contribution < 1.29 is 26.7 Å². The maximum absolute atomic E-state index is 12.5. The van der Waals surface area contributed by atoms with E-state index in [2.05, 4.69) is 4.98 Å². The van der Waals surface area contributed by atoms with Gasteiger partial charge < -0.3 is 4.42 Å². The summed E-state index contributed by atoms with van der Waals surface area (Å²) in [6.45, 7) is 0. The molecule has 0 saturated carbocycles. The zero-order chi connectivity index (χ0) is 18.2. The zero-order valence-electron chi connectivity index (χ0n) is 12.0. The Morgan fingerprint density at radius 2 is 1.92 bits per heavy atom. The highest BCUT2D eigenvalue weighted by atomic mass is 32.2. The smallest absolute Gasteiger partial charge is 0.431 e. The summed E-state index contributed by atoms with van der Waals surface area (Å²) >= 11 is 0.797. The molecule has 0 aliphatic heterocycles. The van der Waals surface area contributed by atoms with Crippen LogP contribution >= 0.6 is 11.8 Å². The molecule has 1 atom stereocenters. The van der Waals surface area contributed by atoms with Crippen LogP contribution < -0.4 is 0 Å². The molecule has 0 amide bonds. The number of nitro groups is 1. The SMILES string of the molecule is O=[N+]([O-])c1cc(S(=O)C(F)(F)F)ccc1Sc1nc2ccccc2o1. The van der Waals surface area contributed by atoms with Crippen LogP contribution in [0.5, 0.6) is 0 Å². The van der Waals surface area contributed by atoms with E-state index in [0.717, 1.165) is 23.9 Å². The molecule has 3 aromatic rings. The molecule has 3 rings (SSSR count). The van der Waals surface area contributed by atoms with Gasteiger partial charge in [0, 0.05) is 6.07 Å². The molecule has 11 heteroatoms. The lowest BCUT2D eigenvalue weighted by molar-refractivity contribution is -0.388. The Morgan fingerprint density at radius 1 is 1.20 bits per heavy atom. The van der Waals surface area contributed by atoms with Gasteiger partial charge in [-0.3, -0.25) is 10.1 Å². The third-order valence-electron chi connectivity index (χ3n) is 3.02. The van der Waals surface area contributed by atoms with Crippen molar-refractivity contribution in [2.24, 2.45) is 0 Å². The first-order chi connectivity index (χ1) is 11.8. The molecular formula is C14H7F3N2O4S2. The Labute approximate surface area is 144 Å². The van der Waals surface area contributed by atoms with Crippen molar-refractivity contribution in [2.45, 2.75) is 20.5 Å². The fraction of sp³-hybridized carbons (Fsp3) is 0.0714. The highest BCUT2D eigenvalue weighted by Gasteiger charge is 2.39. The molecule has 0 spiro atoms. The highest BCUT2D eigenvalue weighted by molar-refractivity contribution is 7.99. The third-order valence-corrected chi connectivity index (χ3v) is 5.04. The van der Waals surface area contributed by atoms with E-state index in [1.807, 2.05) is 0 Å². The van der Waals surface area contributed by atoms with Crippen molar-refractivity contribution in [1.29, 1.82) is 0 Å². The average Bonchev–Trinajstić information content (AvgIpc) is 2.95. The van der Waals surface area contributed by atoms with E-state index in [9.17, 15) is 27.5 Å². The molecule has 130 valence electrons. The van der Waals surface area contributed by atoms with Crippen molar-refractivity contribution >= 4 is 39.3 Å². The number of hydrogen-bond acceptors (Lipinski definition) is 6. The summed E-state index contributed by atoms with van der Waals surface area (Å²) in [5.41, 5.74) is -4.59. The number of halogens is 3. The lowest BCUT2D eigenvalue weighted by atomic mass is 10.3. The maximum Gasteiger partial charge on any atom is 0.475 e. The van der Waals surface area contributed by atoms with Gasteiger partial charge in [0.25, 0.3) is 10.9 Å². The molecule has 0 fully saturated rings. The largest absolute Gasteiger partial charge is 0.475 e. The summed E-state index contributed by atoms with van der Waals surface area (Å²) in [5.74, 6) is 0. The molecule has 0 aliphatic carbocycles. The predicted octanol–water partition coefficient (Wildman–Crippen LogP) is 4.51. The molecule has 25 heavy (non-hydrogen) atoms. The van der Waals surface area contributed by atoms with Gasteiger partial charge in [0.05, 0.1) is 14.7 Å². The number of aromatic nitrogens is 1. The maximum atomic E-state index is 12.5. The predicted molar refractivity (Wildman–Crippen MR) is 83.7 cm³/mol. The number of hydrogen-bond donors (Lipinski definition) is 0. The number of nitro benzene ring substituents is 1. The number of oxazole rings is 1. The van der Waals surface area contributed by atoms with Crippen LogP contribution in [0.1, 0.15) is 0 Å². The fourth-order valence-electron chi connectivity index (χ4n) is 1.96. The number of fused-ring (bicyclic) bond motifs is 1. The van der Waals surface area contributed by atoms with Gasteiger partial charge in [-0.15, -0.1) is 0 Å². The van der Waals surface area contributed by atoms with Gasteiger partial charge in [0.2, 0.25) is 0 Å². The minimum absolute atomic E-state index is 0.0273. The quantitative estimate of drug-likeness (QED) is 0.483. The van der Waals surface area contributed by atoms with Crippen molar-refractivity contribution in [3.63, 3.8) is 0 Å². The molecular weight excluding hydrogens is 381 g/mol. The second kappa shape index (κ2) is 6.48. The summed E-state index contributed by atoms with van der Waals surface area (Å²) in [7, 11) is -3.35. The summed E-state index contributed by atoms with van der Waals surface area (Å²) in [5, 5.41) is 11.3. The molecule has 0 radical (unpaired) electrons. The first-order valence-corrected chi connectivity index (χ1v) is 8.53. The lowest BCUT2D eigenvalue weighted by Crippen LogP contribution is -2.16. The van der Waals surface area contributed by atoms with Gasteiger partial charge in [-0.1, -0.05) is 12.1 Å². The van der Waals surface area contributed by atoms with Crippen molar-refractivity contribution in [3.8, 4) is 0 Å². The van der Waals surface area contributed by atoms with Crippen LogP contribution in [0.2, 0.25) is 0 Å². The normalized spacial score (nSPS) is 13.1. The van der Waals surface area contributed by atoms with E-state index in [1.54, 1.807) is 24.3 Å². The molecule has 0 bridgehead atoms. The van der Waals surface area contributed by atoms with Crippen molar-refractivity contribution in [3.05, 3.63) is 52.6 Å². The molecule has 1 heterocycles. The van der Waals surface area contributed by atoms with Crippen LogP contribution in [0.4, 0.5) is 18.9 Å². The number of para-hydroxylation sites is 2. The van der Waals surface area contributed by atoms with E-state index in [4.69, 9.17) is 4.42 Å². The Hall–Kier alpha value is -2.40. The standard InChI is InChI=1S/C14H7F3N2O4S2/c15-14(16,17)25(22)8-5-6-12(10(7-8)19(20)21)24-13-18-9-3-1-2-4-11(9)23-13/h1-7H. The van der Waals surface area contributed by atoms with Crippen molar-refractivity contribution in [1.82, 2.24) is 4.98 Å². The first-order valence-electron chi connectivity index (χ1n) is 6.56. The Morgan fingerprint density at radius 3 is 2.56 bits per heavy atom. The molecule has 0 aliphatic rings. The number of benzene rings is 2. The molecule has 6 nitrogen and oxygen atoms in total.